The number of amides is 1. The van der Waals surface area contributed by atoms with Crippen molar-refractivity contribution in [3.8, 4) is 11.1 Å². The number of esters is 1. The third-order valence-electron chi connectivity index (χ3n) is 4.93. The summed E-state index contributed by atoms with van der Waals surface area (Å²) in [4.78, 5) is 26.4. The van der Waals surface area contributed by atoms with Crippen molar-refractivity contribution in [2.24, 2.45) is 5.73 Å². The first-order chi connectivity index (χ1) is 13.1. The van der Waals surface area contributed by atoms with Crippen LogP contribution < -0.4 is 5.73 Å². The molecule has 0 aromatic heterocycles. The lowest BCUT2D eigenvalue weighted by atomic mass is 10.0. The van der Waals surface area contributed by atoms with Gasteiger partial charge in [-0.25, -0.2) is 4.79 Å². The predicted octanol–water partition coefficient (Wildman–Crippen LogP) is 3.20. The van der Waals surface area contributed by atoms with E-state index in [0.29, 0.717) is 26.0 Å². The summed E-state index contributed by atoms with van der Waals surface area (Å²) in [6.45, 7) is 2.64. The van der Waals surface area contributed by atoms with Crippen molar-refractivity contribution in [1.82, 2.24) is 4.90 Å². The molecule has 1 aliphatic rings. The van der Waals surface area contributed by atoms with E-state index in [-0.39, 0.29) is 24.3 Å². The zero-order valence-corrected chi connectivity index (χ0v) is 16.9. The van der Waals surface area contributed by atoms with Crippen LogP contribution in [0.1, 0.15) is 25.3 Å². The van der Waals surface area contributed by atoms with Crippen LogP contribution in [0.4, 0.5) is 0 Å². The normalized spacial score (nSPS) is 16.9. The highest BCUT2D eigenvalue weighted by atomic mass is 35.5. The van der Waals surface area contributed by atoms with Crippen molar-refractivity contribution in [1.29, 1.82) is 0 Å². The van der Waals surface area contributed by atoms with Crippen LogP contribution in [0.15, 0.2) is 54.6 Å². The maximum absolute atomic E-state index is 12.8. The van der Waals surface area contributed by atoms with E-state index in [1.165, 1.54) is 0 Å². The minimum Gasteiger partial charge on any atom is -0.464 e. The van der Waals surface area contributed by atoms with Crippen LogP contribution >= 0.6 is 12.4 Å². The van der Waals surface area contributed by atoms with Crippen molar-refractivity contribution in [3.63, 3.8) is 0 Å². The Kier molecular flexibility index (Phi) is 8.03. The molecule has 0 saturated carbocycles. The first kappa shape index (κ1) is 21.9. The Morgan fingerprint density at radius 2 is 1.75 bits per heavy atom. The Morgan fingerprint density at radius 1 is 1.11 bits per heavy atom. The lowest BCUT2D eigenvalue weighted by molar-refractivity contribution is -0.153. The van der Waals surface area contributed by atoms with E-state index in [1.807, 2.05) is 42.5 Å². The molecule has 1 fully saturated rings. The fourth-order valence-corrected chi connectivity index (χ4v) is 3.53. The monoisotopic (exact) mass is 402 g/mol. The van der Waals surface area contributed by atoms with Gasteiger partial charge in [0, 0.05) is 6.54 Å². The number of benzene rings is 2. The van der Waals surface area contributed by atoms with E-state index in [9.17, 15) is 9.59 Å². The highest BCUT2D eigenvalue weighted by molar-refractivity contribution is 5.88. The molecule has 1 saturated heterocycles. The molecule has 1 aliphatic heterocycles. The molecule has 3 rings (SSSR count). The predicted molar refractivity (Wildman–Crippen MR) is 112 cm³/mol. The SMILES string of the molecule is CCOC(=O)[C@@H]1CCCN1C(=O)[C@@H](N)Cc1ccc(-c2ccccc2)cc1.Cl. The molecule has 2 aromatic carbocycles. The quantitative estimate of drug-likeness (QED) is 0.753. The number of hydrogen-bond acceptors (Lipinski definition) is 4. The molecule has 2 atom stereocenters. The van der Waals surface area contributed by atoms with E-state index in [2.05, 4.69) is 12.1 Å². The Labute approximate surface area is 172 Å². The summed E-state index contributed by atoms with van der Waals surface area (Å²) in [5.74, 6) is -0.513. The van der Waals surface area contributed by atoms with Gasteiger partial charge in [-0.2, -0.15) is 0 Å². The molecule has 2 aromatic rings. The number of nitrogens with two attached hydrogens (primary N) is 1. The number of halogens is 1. The molecular formula is C22H27ClN2O3. The van der Waals surface area contributed by atoms with E-state index >= 15 is 0 Å². The Balaban J connectivity index is 0.00000280. The molecule has 28 heavy (non-hydrogen) atoms. The van der Waals surface area contributed by atoms with Crippen LogP contribution in [0.3, 0.4) is 0 Å². The Hall–Kier alpha value is -2.37. The summed E-state index contributed by atoms with van der Waals surface area (Å²) < 4.78 is 5.09. The second kappa shape index (κ2) is 10.2. The van der Waals surface area contributed by atoms with Crippen molar-refractivity contribution >= 4 is 24.3 Å². The molecule has 1 amide bonds. The summed E-state index contributed by atoms with van der Waals surface area (Å²) >= 11 is 0. The van der Waals surface area contributed by atoms with Crippen molar-refractivity contribution < 1.29 is 14.3 Å². The van der Waals surface area contributed by atoms with Gasteiger partial charge in [0.2, 0.25) is 5.91 Å². The smallest absolute Gasteiger partial charge is 0.328 e. The molecule has 0 aliphatic carbocycles. The van der Waals surface area contributed by atoms with Crippen LogP contribution in [0, 0.1) is 0 Å². The standard InChI is InChI=1S/C22H26N2O3.ClH/c1-2-27-22(26)20-9-6-14-24(20)21(25)19(23)15-16-10-12-18(13-11-16)17-7-4-3-5-8-17;/h3-5,7-8,10-13,19-20H,2,6,9,14-15,23H2,1H3;1H/t19-,20-;/m0./s1. The number of carbonyl (C=O) groups is 2. The summed E-state index contributed by atoms with van der Waals surface area (Å²) in [7, 11) is 0. The summed E-state index contributed by atoms with van der Waals surface area (Å²) in [5, 5.41) is 0. The van der Waals surface area contributed by atoms with Crippen LogP contribution in [-0.2, 0) is 20.7 Å². The maximum Gasteiger partial charge on any atom is 0.328 e. The molecule has 150 valence electrons. The maximum atomic E-state index is 12.8. The average Bonchev–Trinajstić information content (AvgIpc) is 3.19. The van der Waals surface area contributed by atoms with Gasteiger partial charge < -0.3 is 15.4 Å². The number of likely N-dealkylation sites (tertiary alicyclic amines) is 1. The number of nitrogens with zero attached hydrogens (tertiary/aromatic N) is 1. The molecule has 5 nitrogen and oxygen atoms in total. The fraction of sp³-hybridized carbons (Fsp3) is 0.364. The minimum absolute atomic E-state index is 0. The highest BCUT2D eigenvalue weighted by Crippen LogP contribution is 2.22. The molecule has 6 heteroatoms. The van der Waals surface area contributed by atoms with Gasteiger partial charge >= 0.3 is 5.97 Å². The number of rotatable bonds is 6. The van der Waals surface area contributed by atoms with E-state index < -0.39 is 12.1 Å². The van der Waals surface area contributed by atoms with E-state index in [1.54, 1.807) is 11.8 Å². The van der Waals surface area contributed by atoms with Gasteiger partial charge in [0.1, 0.15) is 6.04 Å². The van der Waals surface area contributed by atoms with E-state index in [4.69, 9.17) is 10.5 Å². The fourth-order valence-electron chi connectivity index (χ4n) is 3.53. The molecule has 0 spiro atoms. The summed E-state index contributed by atoms with van der Waals surface area (Å²) in [6.07, 6.45) is 1.89. The van der Waals surface area contributed by atoms with Gasteiger partial charge in [0.25, 0.3) is 0 Å². The van der Waals surface area contributed by atoms with Gasteiger partial charge in [0.05, 0.1) is 12.6 Å². The van der Waals surface area contributed by atoms with Gasteiger partial charge in [-0.15, -0.1) is 12.4 Å². The third-order valence-corrected chi connectivity index (χ3v) is 4.93. The lowest BCUT2D eigenvalue weighted by Gasteiger charge is -2.26. The zero-order chi connectivity index (χ0) is 19.2. The number of ether oxygens (including phenoxy) is 1. The van der Waals surface area contributed by atoms with Crippen LogP contribution in [0.25, 0.3) is 11.1 Å². The first-order valence-corrected chi connectivity index (χ1v) is 9.47. The Bertz CT molecular complexity index is 780. The zero-order valence-electron chi connectivity index (χ0n) is 16.0. The van der Waals surface area contributed by atoms with Crippen molar-refractivity contribution in [3.05, 3.63) is 60.2 Å². The van der Waals surface area contributed by atoms with Crippen LogP contribution in [-0.4, -0.2) is 42.0 Å². The summed E-state index contributed by atoms with van der Waals surface area (Å²) in [5.41, 5.74) is 9.45. The third kappa shape index (κ3) is 5.12. The largest absolute Gasteiger partial charge is 0.464 e. The lowest BCUT2D eigenvalue weighted by Crippen LogP contribution is -2.49. The Morgan fingerprint density at radius 3 is 2.39 bits per heavy atom. The molecule has 0 unspecified atom stereocenters. The van der Waals surface area contributed by atoms with Gasteiger partial charge in [-0.05, 0) is 42.9 Å². The average molecular weight is 403 g/mol. The summed E-state index contributed by atoms with van der Waals surface area (Å²) in [6, 6.07) is 17.1. The van der Waals surface area contributed by atoms with Gasteiger partial charge in [-0.1, -0.05) is 54.6 Å². The molecule has 0 radical (unpaired) electrons. The second-order valence-corrected chi connectivity index (χ2v) is 6.82. The van der Waals surface area contributed by atoms with E-state index in [0.717, 1.165) is 23.1 Å². The van der Waals surface area contributed by atoms with Gasteiger partial charge in [0.15, 0.2) is 0 Å². The second-order valence-electron chi connectivity index (χ2n) is 6.82. The van der Waals surface area contributed by atoms with Gasteiger partial charge in [-0.3, -0.25) is 4.79 Å². The van der Waals surface area contributed by atoms with Crippen molar-refractivity contribution in [2.75, 3.05) is 13.2 Å². The topological polar surface area (TPSA) is 72.6 Å². The molecular weight excluding hydrogens is 376 g/mol. The number of hydrogen-bond donors (Lipinski definition) is 1. The molecule has 1 heterocycles. The van der Waals surface area contributed by atoms with Crippen molar-refractivity contribution in [2.45, 2.75) is 38.3 Å². The molecule has 0 bridgehead atoms. The highest BCUT2D eigenvalue weighted by Gasteiger charge is 2.36. The number of carbonyl (C=O) groups excluding carboxylic acids is 2. The van der Waals surface area contributed by atoms with Crippen LogP contribution in [0.2, 0.25) is 0 Å². The van der Waals surface area contributed by atoms with Crippen LogP contribution in [0.5, 0.6) is 0 Å². The molecule has 2 N–H and O–H groups in total. The first-order valence-electron chi connectivity index (χ1n) is 9.47. The minimum atomic E-state index is -0.664.